The number of para-hydroxylation sites is 1. The molecule has 49 heavy (non-hydrogen) atoms. The maximum atomic E-state index is 14.4. The number of nitrogens with zero attached hydrogens (tertiary/aromatic N) is 2. The van der Waals surface area contributed by atoms with Crippen molar-refractivity contribution in [1.29, 1.82) is 0 Å². The molecule has 0 unspecified atom stereocenters. The number of nitrogens with one attached hydrogen (secondary N) is 3. The molecule has 11 nitrogen and oxygen atoms in total. The molecule has 0 radical (unpaired) electrons. The SMILES string of the molecule is Cc1[nH]c2ccccc2c1C[C@@H](C(=O)NCc1c(C(F)(F)F)ccc(Cl)c1Sc1ncccc1N)N(C)C(=O)[C@H](CCCCN)NCON. The van der Waals surface area contributed by atoms with Gasteiger partial charge in [0.2, 0.25) is 11.8 Å². The smallest absolute Gasteiger partial charge is 0.397 e. The number of likely N-dealkylation sites (N-methyl/N-ethyl adjacent to an activating group) is 1. The minimum atomic E-state index is -4.77. The van der Waals surface area contributed by atoms with Gasteiger partial charge in [0.15, 0.2) is 0 Å². The van der Waals surface area contributed by atoms with E-state index in [2.05, 4.69) is 25.4 Å². The lowest BCUT2D eigenvalue weighted by Crippen LogP contribution is -2.54. The van der Waals surface area contributed by atoms with Gasteiger partial charge < -0.3 is 26.7 Å². The Morgan fingerprint density at radius 1 is 1.12 bits per heavy atom. The van der Waals surface area contributed by atoms with Crippen molar-refractivity contribution in [3.8, 4) is 0 Å². The first-order valence-electron chi connectivity index (χ1n) is 15.5. The van der Waals surface area contributed by atoms with Gasteiger partial charge in [-0.25, -0.2) is 10.9 Å². The lowest BCUT2D eigenvalue weighted by atomic mass is 9.99. The Balaban J connectivity index is 1.71. The van der Waals surface area contributed by atoms with Gasteiger partial charge in [0.05, 0.1) is 22.3 Å². The lowest BCUT2D eigenvalue weighted by Gasteiger charge is -2.31. The largest absolute Gasteiger partial charge is 0.416 e. The van der Waals surface area contributed by atoms with Gasteiger partial charge in [-0.2, -0.15) is 13.2 Å². The third kappa shape index (κ3) is 9.44. The van der Waals surface area contributed by atoms with Crippen molar-refractivity contribution >= 4 is 51.8 Å². The number of anilines is 1. The van der Waals surface area contributed by atoms with E-state index in [4.69, 9.17) is 29.0 Å². The second-order valence-corrected chi connectivity index (χ2v) is 12.8. The van der Waals surface area contributed by atoms with E-state index < -0.39 is 42.2 Å². The van der Waals surface area contributed by atoms with Crippen LogP contribution in [0.3, 0.4) is 0 Å². The summed E-state index contributed by atoms with van der Waals surface area (Å²) in [5.41, 5.74) is 13.1. The fourth-order valence-corrected chi connectivity index (χ4v) is 6.84. The summed E-state index contributed by atoms with van der Waals surface area (Å²) in [5.74, 6) is 4.12. The predicted octanol–water partition coefficient (Wildman–Crippen LogP) is 4.90. The Bertz CT molecular complexity index is 1760. The standard InChI is InChI=1S/C33H40ClF3N8O3S/c1-19-21(20-8-3-4-10-26(20)44-19)16-28(45(2)32(47)27(43-18-48-40)11-5-6-14-38)30(46)42-17-22-23(33(35,36)37)12-13-24(34)29(22)49-31-25(39)9-7-15-41-31/h3-4,7-10,12-13,15,27-28,43-44H,5-6,11,14,16-18,38-40H2,1-2H3,(H,42,46)/t27-,28-/m0/s1. The van der Waals surface area contributed by atoms with E-state index in [1.54, 1.807) is 12.1 Å². The van der Waals surface area contributed by atoms with E-state index >= 15 is 0 Å². The Kier molecular flexibility index (Phi) is 13.3. The van der Waals surface area contributed by atoms with Gasteiger partial charge in [0.25, 0.3) is 0 Å². The van der Waals surface area contributed by atoms with E-state index in [0.717, 1.165) is 46.1 Å². The van der Waals surface area contributed by atoms with Crippen molar-refractivity contribution < 1.29 is 27.6 Å². The summed E-state index contributed by atoms with van der Waals surface area (Å²) < 4.78 is 43.1. The van der Waals surface area contributed by atoms with E-state index in [1.165, 1.54) is 18.1 Å². The summed E-state index contributed by atoms with van der Waals surface area (Å²) in [7, 11) is 1.49. The van der Waals surface area contributed by atoms with Crippen LogP contribution >= 0.6 is 23.4 Å². The van der Waals surface area contributed by atoms with Crippen LogP contribution in [-0.4, -0.2) is 59.1 Å². The molecular formula is C33H40ClF3N8O3S. The van der Waals surface area contributed by atoms with Crippen LogP contribution in [0.15, 0.2) is 64.6 Å². The molecule has 4 aromatic rings. The molecule has 264 valence electrons. The summed E-state index contributed by atoms with van der Waals surface area (Å²) in [4.78, 5) is 41.6. The number of hydrogen-bond donors (Lipinski definition) is 6. The number of alkyl halides is 3. The van der Waals surface area contributed by atoms with Crippen molar-refractivity contribution in [2.75, 3.05) is 26.1 Å². The molecule has 0 saturated carbocycles. The minimum absolute atomic E-state index is 0.0269. The second kappa shape index (κ2) is 17.2. The van der Waals surface area contributed by atoms with Gasteiger partial charge in [-0.05, 0) is 67.8 Å². The van der Waals surface area contributed by atoms with Crippen LogP contribution in [0.25, 0.3) is 10.9 Å². The van der Waals surface area contributed by atoms with Crippen molar-refractivity contribution in [1.82, 2.24) is 25.5 Å². The molecule has 0 aliphatic rings. The summed E-state index contributed by atoms with van der Waals surface area (Å²) in [6, 6.07) is 10.8. The highest BCUT2D eigenvalue weighted by Crippen LogP contribution is 2.43. The molecule has 0 spiro atoms. The van der Waals surface area contributed by atoms with E-state index in [-0.39, 0.29) is 39.3 Å². The van der Waals surface area contributed by atoms with Crippen LogP contribution in [0.4, 0.5) is 18.9 Å². The van der Waals surface area contributed by atoms with Crippen LogP contribution in [0.2, 0.25) is 5.02 Å². The van der Waals surface area contributed by atoms with Crippen molar-refractivity contribution in [2.45, 2.75) is 67.3 Å². The first-order chi connectivity index (χ1) is 23.4. The molecule has 4 rings (SSSR count). The Labute approximate surface area is 291 Å². The number of nitrogens with two attached hydrogens (primary N) is 3. The number of hydrogen-bond acceptors (Lipinski definition) is 9. The predicted molar refractivity (Wildman–Crippen MR) is 184 cm³/mol. The molecule has 9 N–H and O–H groups in total. The average molecular weight is 721 g/mol. The Hall–Kier alpha value is -3.86. The first kappa shape index (κ1) is 38.0. The lowest BCUT2D eigenvalue weighted by molar-refractivity contribution is -0.141. The molecule has 0 fully saturated rings. The number of carbonyl (C=O) groups is 2. The average Bonchev–Trinajstić information content (AvgIpc) is 3.39. The monoisotopic (exact) mass is 720 g/mol. The normalized spacial score (nSPS) is 13.0. The van der Waals surface area contributed by atoms with Crippen LogP contribution in [0.1, 0.15) is 41.6 Å². The summed E-state index contributed by atoms with van der Waals surface area (Å²) in [6.45, 7) is 1.62. The zero-order valence-electron chi connectivity index (χ0n) is 27.1. The number of unbranched alkanes of at least 4 members (excludes halogenated alkanes) is 1. The molecule has 0 saturated heterocycles. The number of aryl methyl sites for hydroxylation is 1. The summed E-state index contributed by atoms with van der Waals surface area (Å²) in [5, 5.41) is 6.77. The third-order valence-electron chi connectivity index (χ3n) is 8.16. The highest BCUT2D eigenvalue weighted by atomic mass is 35.5. The quantitative estimate of drug-likeness (QED) is 0.0534. The number of pyridine rings is 1. The maximum absolute atomic E-state index is 14.4. The summed E-state index contributed by atoms with van der Waals surface area (Å²) in [6.07, 6.45) is -1.56. The second-order valence-electron chi connectivity index (χ2n) is 11.4. The third-order valence-corrected chi connectivity index (χ3v) is 9.79. The van der Waals surface area contributed by atoms with Gasteiger partial charge in [0, 0.05) is 47.7 Å². The highest BCUT2D eigenvalue weighted by molar-refractivity contribution is 7.99. The van der Waals surface area contributed by atoms with Crippen molar-refractivity contribution in [3.05, 3.63) is 82.1 Å². The number of fused-ring (bicyclic) bond motifs is 1. The minimum Gasteiger partial charge on any atom is -0.397 e. The van der Waals surface area contributed by atoms with E-state index in [0.29, 0.717) is 25.8 Å². The molecular weight excluding hydrogens is 681 g/mol. The molecule has 2 aromatic heterocycles. The molecule has 0 aliphatic heterocycles. The molecule has 2 amide bonds. The fourth-order valence-electron chi connectivity index (χ4n) is 5.58. The number of rotatable bonds is 16. The molecule has 0 aliphatic carbocycles. The maximum Gasteiger partial charge on any atom is 0.416 e. The number of halogens is 4. The van der Waals surface area contributed by atoms with Crippen LogP contribution in [0, 0.1) is 6.92 Å². The van der Waals surface area contributed by atoms with Crippen LogP contribution < -0.4 is 28.0 Å². The first-order valence-corrected chi connectivity index (χ1v) is 16.7. The molecule has 0 bridgehead atoms. The molecule has 16 heteroatoms. The summed E-state index contributed by atoms with van der Waals surface area (Å²) >= 11 is 7.33. The number of aromatic amines is 1. The van der Waals surface area contributed by atoms with Crippen LogP contribution in [0.5, 0.6) is 0 Å². The van der Waals surface area contributed by atoms with Crippen LogP contribution in [-0.2, 0) is 33.6 Å². The van der Waals surface area contributed by atoms with Gasteiger partial charge in [0.1, 0.15) is 17.8 Å². The van der Waals surface area contributed by atoms with Crippen molar-refractivity contribution in [3.63, 3.8) is 0 Å². The number of amides is 2. The number of nitrogen functional groups attached to an aromatic ring is 1. The molecule has 2 heterocycles. The van der Waals surface area contributed by atoms with Crippen molar-refractivity contribution in [2.24, 2.45) is 11.6 Å². The van der Waals surface area contributed by atoms with Gasteiger partial charge in [-0.15, -0.1) is 0 Å². The van der Waals surface area contributed by atoms with Gasteiger partial charge in [-0.3, -0.25) is 19.7 Å². The number of benzene rings is 2. The zero-order valence-corrected chi connectivity index (χ0v) is 28.6. The zero-order chi connectivity index (χ0) is 35.7. The number of carbonyl (C=O) groups excluding carboxylic acids is 2. The van der Waals surface area contributed by atoms with E-state index in [9.17, 15) is 22.8 Å². The molecule has 2 aromatic carbocycles. The number of aromatic nitrogens is 2. The van der Waals surface area contributed by atoms with Gasteiger partial charge in [-0.1, -0.05) is 48.0 Å². The molecule has 2 atom stereocenters. The van der Waals surface area contributed by atoms with E-state index in [1.807, 2.05) is 31.2 Å². The fraction of sp³-hybridized carbons (Fsp3) is 0.364. The topological polar surface area (TPSA) is 177 Å². The Morgan fingerprint density at radius 2 is 1.88 bits per heavy atom. The Morgan fingerprint density at radius 3 is 2.57 bits per heavy atom. The number of H-pyrrole nitrogens is 1. The van der Waals surface area contributed by atoms with Gasteiger partial charge >= 0.3 is 6.18 Å². The highest BCUT2D eigenvalue weighted by Gasteiger charge is 2.37.